The first-order chi connectivity index (χ1) is 8.75. The predicted octanol–water partition coefficient (Wildman–Crippen LogP) is 0.680. The molecule has 0 unspecified atom stereocenters. The number of amides is 1. The lowest BCUT2D eigenvalue weighted by Crippen LogP contribution is -2.26. The van der Waals surface area contributed by atoms with Gasteiger partial charge in [-0.25, -0.2) is 9.97 Å². The van der Waals surface area contributed by atoms with Gasteiger partial charge in [-0.1, -0.05) is 0 Å². The molecule has 3 N–H and O–H groups in total. The summed E-state index contributed by atoms with van der Waals surface area (Å²) in [7, 11) is 0. The van der Waals surface area contributed by atoms with Crippen molar-refractivity contribution in [3.8, 4) is 0 Å². The van der Waals surface area contributed by atoms with Gasteiger partial charge in [0.2, 0.25) is 0 Å². The van der Waals surface area contributed by atoms with Gasteiger partial charge < -0.3 is 15.6 Å². The Morgan fingerprint density at radius 3 is 3.00 bits per heavy atom. The minimum Gasteiger partial charge on any atom is -0.397 e. The van der Waals surface area contributed by atoms with E-state index in [4.69, 9.17) is 5.73 Å². The van der Waals surface area contributed by atoms with Crippen molar-refractivity contribution in [2.75, 3.05) is 12.3 Å². The molecule has 2 aromatic heterocycles. The number of aryl methyl sites for hydroxylation is 1. The van der Waals surface area contributed by atoms with Crippen LogP contribution < -0.4 is 11.1 Å². The lowest BCUT2D eigenvalue weighted by molar-refractivity contribution is 0.0948. The SMILES string of the molecule is Nc1ccc(C(=O)NCCCn2ccnc2)nc1. The average molecular weight is 245 g/mol. The van der Waals surface area contributed by atoms with Gasteiger partial charge in [0.15, 0.2) is 0 Å². The molecule has 2 heterocycles. The molecule has 0 atom stereocenters. The highest BCUT2D eigenvalue weighted by molar-refractivity contribution is 5.92. The van der Waals surface area contributed by atoms with Crippen LogP contribution in [0.4, 0.5) is 5.69 Å². The molecule has 0 aliphatic rings. The van der Waals surface area contributed by atoms with Crippen molar-refractivity contribution in [2.45, 2.75) is 13.0 Å². The highest BCUT2D eigenvalue weighted by Crippen LogP contribution is 2.00. The second-order valence-corrected chi connectivity index (χ2v) is 3.89. The fourth-order valence-corrected chi connectivity index (χ4v) is 1.51. The molecule has 0 radical (unpaired) electrons. The molecule has 2 rings (SSSR count). The van der Waals surface area contributed by atoms with E-state index in [2.05, 4.69) is 15.3 Å². The van der Waals surface area contributed by atoms with Gasteiger partial charge in [0.05, 0.1) is 18.2 Å². The monoisotopic (exact) mass is 245 g/mol. The number of nitrogens with two attached hydrogens (primary N) is 1. The number of hydrogen-bond donors (Lipinski definition) is 2. The molecule has 0 saturated heterocycles. The van der Waals surface area contributed by atoms with Crippen LogP contribution in [0.2, 0.25) is 0 Å². The van der Waals surface area contributed by atoms with E-state index < -0.39 is 0 Å². The minimum atomic E-state index is -0.180. The number of rotatable bonds is 5. The molecule has 94 valence electrons. The summed E-state index contributed by atoms with van der Waals surface area (Å²) in [6.07, 6.45) is 7.70. The Labute approximate surface area is 105 Å². The molecule has 18 heavy (non-hydrogen) atoms. The third kappa shape index (κ3) is 3.31. The van der Waals surface area contributed by atoms with Crippen molar-refractivity contribution in [3.63, 3.8) is 0 Å². The fourth-order valence-electron chi connectivity index (χ4n) is 1.51. The average Bonchev–Trinajstić information content (AvgIpc) is 2.88. The van der Waals surface area contributed by atoms with E-state index in [-0.39, 0.29) is 5.91 Å². The molecule has 2 aromatic rings. The van der Waals surface area contributed by atoms with Crippen LogP contribution in [-0.2, 0) is 6.54 Å². The summed E-state index contributed by atoms with van der Waals surface area (Å²) in [4.78, 5) is 19.6. The molecule has 0 bridgehead atoms. The molecule has 0 aliphatic heterocycles. The van der Waals surface area contributed by atoms with Crippen molar-refractivity contribution < 1.29 is 4.79 Å². The quantitative estimate of drug-likeness (QED) is 0.758. The van der Waals surface area contributed by atoms with Crippen LogP contribution in [0.1, 0.15) is 16.9 Å². The van der Waals surface area contributed by atoms with Gasteiger partial charge in [0.25, 0.3) is 5.91 Å². The highest BCUT2D eigenvalue weighted by Gasteiger charge is 2.05. The number of carbonyl (C=O) groups excluding carboxylic acids is 1. The van der Waals surface area contributed by atoms with Gasteiger partial charge in [0.1, 0.15) is 5.69 Å². The zero-order chi connectivity index (χ0) is 12.8. The molecule has 0 fully saturated rings. The number of imidazole rings is 1. The number of nitrogen functional groups attached to an aromatic ring is 1. The summed E-state index contributed by atoms with van der Waals surface area (Å²) in [6.45, 7) is 1.43. The zero-order valence-electron chi connectivity index (χ0n) is 9.91. The number of anilines is 1. The number of nitrogens with one attached hydrogen (secondary N) is 1. The normalized spacial score (nSPS) is 10.2. The van der Waals surface area contributed by atoms with Crippen LogP contribution in [0.15, 0.2) is 37.1 Å². The largest absolute Gasteiger partial charge is 0.397 e. The highest BCUT2D eigenvalue weighted by atomic mass is 16.1. The first-order valence-electron chi connectivity index (χ1n) is 5.71. The molecule has 6 heteroatoms. The third-order valence-electron chi connectivity index (χ3n) is 2.46. The maximum atomic E-state index is 11.7. The molecular formula is C12H15N5O. The Kier molecular flexibility index (Phi) is 3.90. The van der Waals surface area contributed by atoms with Gasteiger partial charge >= 0.3 is 0 Å². The Morgan fingerprint density at radius 2 is 2.33 bits per heavy atom. The standard InChI is InChI=1S/C12H15N5O/c13-10-2-3-11(16-8-10)12(18)15-4-1-6-17-7-5-14-9-17/h2-3,5,7-9H,1,4,6,13H2,(H,15,18). The van der Waals surface area contributed by atoms with E-state index in [1.807, 2.05) is 10.8 Å². The Hall–Kier alpha value is -2.37. The number of hydrogen-bond acceptors (Lipinski definition) is 4. The Balaban J connectivity index is 1.73. The number of aromatic nitrogens is 3. The lowest BCUT2D eigenvalue weighted by atomic mass is 10.3. The Bertz CT molecular complexity index is 492. The zero-order valence-corrected chi connectivity index (χ0v) is 9.91. The second kappa shape index (κ2) is 5.81. The van der Waals surface area contributed by atoms with E-state index in [0.717, 1.165) is 13.0 Å². The van der Waals surface area contributed by atoms with Crippen LogP contribution in [0.25, 0.3) is 0 Å². The van der Waals surface area contributed by atoms with Gasteiger partial charge in [-0.2, -0.15) is 0 Å². The molecule has 0 spiro atoms. The van der Waals surface area contributed by atoms with Gasteiger partial charge in [-0.3, -0.25) is 4.79 Å². The smallest absolute Gasteiger partial charge is 0.269 e. The summed E-state index contributed by atoms with van der Waals surface area (Å²) in [5, 5.41) is 2.80. The molecule has 1 amide bonds. The first kappa shape index (κ1) is 12.1. The van der Waals surface area contributed by atoms with Crippen molar-refractivity contribution in [1.29, 1.82) is 0 Å². The van der Waals surface area contributed by atoms with Gasteiger partial charge in [-0.15, -0.1) is 0 Å². The van der Waals surface area contributed by atoms with Gasteiger partial charge in [-0.05, 0) is 18.6 Å². The van der Waals surface area contributed by atoms with Crippen LogP contribution in [0.3, 0.4) is 0 Å². The minimum absolute atomic E-state index is 0.180. The summed E-state index contributed by atoms with van der Waals surface area (Å²) in [5.74, 6) is -0.180. The molecular weight excluding hydrogens is 230 g/mol. The fraction of sp³-hybridized carbons (Fsp3) is 0.250. The van der Waals surface area contributed by atoms with Crippen LogP contribution in [-0.4, -0.2) is 27.0 Å². The second-order valence-electron chi connectivity index (χ2n) is 3.89. The van der Waals surface area contributed by atoms with Crippen LogP contribution in [0, 0.1) is 0 Å². The molecule has 0 aliphatic carbocycles. The van der Waals surface area contributed by atoms with Crippen molar-refractivity contribution >= 4 is 11.6 Å². The number of carbonyl (C=O) groups is 1. The lowest BCUT2D eigenvalue weighted by Gasteiger charge is -2.05. The van der Waals surface area contributed by atoms with Crippen molar-refractivity contribution in [1.82, 2.24) is 19.9 Å². The van der Waals surface area contributed by atoms with E-state index in [9.17, 15) is 4.79 Å². The number of nitrogens with zero attached hydrogens (tertiary/aromatic N) is 3. The van der Waals surface area contributed by atoms with Crippen LogP contribution >= 0.6 is 0 Å². The molecule has 6 nitrogen and oxygen atoms in total. The van der Waals surface area contributed by atoms with Crippen LogP contribution in [0.5, 0.6) is 0 Å². The van der Waals surface area contributed by atoms with Crippen molar-refractivity contribution in [3.05, 3.63) is 42.7 Å². The molecule has 0 aromatic carbocycles. The predicted molar refractivity (Wildman–Crippen MR) is 67.8 cm³/mol. The first-order valence-corrected chi connectivity index (χ1v) is 5.71. The van der Waals surface area contributed by atoms with E-state index >= 15 is 0 Å². The third-order valence-corrected chi connectivity index (χ3v) is 2.46. The van der Waals surface area contributed by atoms with E-state index in [1.165, 1.54) is 6.20 Å². The Morgan fingerprint density at radius 1 is 1.44 bits per heavy atom. The maximum Gasteiger partial charge on any atom is 0.269 e. The van der Waals surface area contributed by atoms with Crippen molar-refractivity contribution in [2.24, 2.45) is 0 Å². The van der Waals surface area contributed by atoms with Gasteiger partial charge in [0, 0.05) is 25.5 Å². The summed E-state index contributed by atoms with van der Waals surface area (Å²) in [5.41, 5.74) is 6.43. The molecule has 0 saturated carbocycles. The summed E-state index contributed by atoms with van der Waals surface area (Å²) >= 11 is 0. The summed E-state index contributed by atoms with van der Waals surface area (Å²) in [6, 6.07) is 3.27. The number of pyridine rings is 1. The summed E-state index contributed by atoms with van der Waals surface area (Å²) < 4.78 is 1.97. The topological polar surface area (TPSA) is 85.8 Å². The van der Waals surface area contributed by atoms with E-state index in [1.54, 1.807) is 24.7 Å². The van der Waals surface area contributed by atoms with E-state index in [0.29, 0.717) is 17.9 Å². The maximum absolute atomic E-state index is 11.7.